The lowest BCUT2D eigenvalue weighted by atomic mass is 10.3. The largest absolute Gasteiger partial charge is 0.477 e. The van der Waals surface area contributed by atoms with Crippen molar-refractivity contribution < 1.29 is 9.90 Å². The third-order valence-corrected chi connectivity index (χ3v) is 3.49. The predicted molar refractivity (Wildman–Crippen MR) is 75.2 cm³/mol. The third-order valence-electron chi connectivity index (χ3n) is 2.52. The van der Waals surface area contributed by atoms with Crippen molar-refractivity contribution in [1.29, 1.82) is 5.26 Å². The van der Waals surface area contributed by atoms with Crippen molar-refractivity contribution in [2.45, 2.75) is 0 Å². The zero-order chi connectivity index (χ0) is 14.0. The maximum absolute atomic E-state index is 10.8. The van der Waals surface area contributed by atoms with E-state index in [1.807, 2.05) is 37.2 Å². The van der Waals surface area contributed by atoms with Crippen molar-refractivity contribution in [2.75, 3.05) is 19.0 Å². The number of aromatic nitrogens is 1. The zero-order valence-electron chi connectivity index (χ0n) is 10.4. The Morgan fingerprint density at radius 2 is 2.26 bits per heavy atom. The Morgan fingerprint density at radius 1 is 1.53 bits per heavy atom. The molecule has 0 aliphatic heterocycles. The van der Waals surface area contributed by atoms with Crippen LogP contribution < -0.4 is 4.90 Å². The Morgan fingerprint density at radius 3 is 2.84 bits per heavy atom. The average Bonchev–Trinajstić information content (AvgIpc) is 2.76. The van der Waals surface area contributed by atoms with Crippen molar-refractivity contribution in [1.82, 2.24) is 4.98 Å². The molecule has 1 N–H and O–H groups in total. The number of carboxylic acids is 1. The van der Waals surface area contributed by atoms with Crippen LogP contribution in [0.4, 0.5) is 5.69 Å². The van der Waals surface area contributed by atoms with Crippen LogP contribution in [0.5, 0.6) is 0 Å². The Balaban J connectivity index is 2.48. The molecule has 0 aliphatic rings. The van der Waals surface area contributed by atoms with Gasteiger partial charge in [-0.3, -0.25) is 0 Å². The molecule has 1 aromatic carbocycles. The quantitative estimate of drug-likeness (QED) is 0.686. The van der Waals surface area contributed by atoms with Crippen LogP contribution in [0, 0.1) is 11.3 Å². The van der Waals surface area contributed by atoms with E-state index in [1.165, 1.54) is 17.4 Å². The molecule has 6 heteroatoms. The fourth-order valence-electron chi connectivity index (χ4n) is 1.54. The SMILES string of the molecule is CN(C)c1ccc2nc(/C=C(\C#N)C(=O)O)sc2c1. The van der Waals surface area contributed by atoms with Gasteiger partial charge in [-0.1, -0.05) is 0 Å². The van der Waals surface area contributed by atoms with Gasteiger partial charge in [-0.15, -0.1) is 11.3 Å². The average molecular weight is 273 g/mol. The van der Waals surface area contributed by atoms with E-state index in [2.05, 4.69) is 4.98 Å². The first kappa shape index (κ1) is 13.1. The Hall–Kier alpha value is -2.39. The molecule has 0 amide bonds. The number of carboxylic acid groups (broad SMARTS) is 1. The molecular weight excluding hydrogens is 262 g/mol. The number of rotatable bonds is 3. The number of nitrogens with zero attached hydrogens (tertiary/aromatic N) is 3. The molecular formula is C13H11N3O2S. The summed E-state index contributed by atoms with van der Waals surface area (Å²) in [4.78, 5) is 17.0. The number of anilines is 1. The van der Waals surface area contributed by atoms with E-state index in [-0.39, 0.29) is 5.57 Å². The second kappa shape index (κ2) is 5.08. The van der Waals surface area contributed by atoms with Crippen LogP contribution in [0.15, 0.2) is 23.8 Å². The second-order valence-electron chi connectivity index (χ2n) is 4.07. The van der Waals surface area contributed by atoms with Gasteiger partial charge in [0.1, 0.15) is 16.6 Å². The maximum atomic E-state index is 10.8. The molecule has 0 fully saturated rings. The normalized spacial score (nSPS) is 11.3. The topological polar surface area (TPSA) is 77.2 Å². The summed E-state index contributed by atoms with van der Waals surface area (Å²) in [7, 11) is 3.89. The van der Waals surface area contributed by atoms with E-state index < -0.39 is 5.97 Å². The first-order valence-corrected chi connectivity index (χ1v) is 6.26. The van der Waals surface area contributed by atoms with E-state index in [0.717, 1.165) is 15.9 Å². The van der Waals surface area contributed by atoms with Crippen LogP contribution in [0.1, 0.15) is 5.01 Å². The molecule has 2 aromatic rings. The van der Waals surface area contributed by atoms with Gasteiger partial charge < -0.3 is 10.0 Å². The van der Waals surface area contributed by atoms with Gasteiger partial charge in [-0.05, 0) is 24.3 Å². The first-order chi connectivity index (χ1) is 9.01. The molecule has 5 nitrogen and oxygen atoms in total. The highest BCUT2D eigenvalue weighted by atomic mass is 32.1. The van der Waals surface area contributed by atoms with Gasteiger partial charge in [0.25, 0.3) is 0 Å². The fourth-order valence-corrected chi connectivity index (χ4v) is 2.48. The zero-order valence-corrected chi connectivity index (χ0v) is 11.2. The number of nitriles is 1. The van der Waals surface area contributed by atoms with Crippen LogP contribution in [0.3, 0.4) is 0 Å². The van der Waals surface area contributed by atoms with Gasteiger partial charge >= 0.3 is 5.97 Å². The lowest BCUT2D eigenvalue weighted by Crippen LogP contribution is -2.07. The Kier molecular flexibility index (Phi) is 3.49. The van der Waals surface area contributed by atoms with E-state index in [0.29, 0.717) is 5.01 Å². The number of benzene rings is 1. The molecule has 0 bridgehead atoms. The molecule has 0 spiro atoms. The summed E-state index contributed by atoms with van der Waals surface area (Å²) in [6, 6.07) is 7.45. The van der Waals surface area contributed by atoms with Crippen molar-refractivity contribution in [2.24, 2.45) is 0 Å². The number of fused-ring (bicyclic) bond motifs is 1. The van der Waals surface area contributed by atoms with Crippen LogP contribution in [-0.2, 0) is 4.79 Å². The minimum absolute atomic E-state index is 0.313. The fraction of sp³-hybridized carbons (Fsp3) is 0.154. The molecule has 19 heavy (non-hydrogen) atoms. The number of thiazole rings is 1. The summed E-state index contributed by atoms with van der Waals surface area (Å²) in [5, 5.41) is 18.0. The number of aliphatic carboxylic acids is 1. The predicted octanol–water partition coefficient (Wildman–Crippen LogP) is 2.35. The van der Waals surface area contributed by atoms with Gasteiger partial charge in [0.2, 0.25) is 0 Å². The smallest absolute Gasteiger partial charge is 0.346 e. The van der Waals surface area contributed by atoms with Gasteiger partial charge in [0, 0.05) is 19.8 Å². The van der Waals surface area contributed by atoms with Crippen LogP contribution >= 0.6 is 11.3 Å². The summed E-state index contributed by atoms with van der Waals surface area (Å²) in [6.45, 7) is 0. The molecule has 0 unspecified atom stereocenters. The van der Waals surface area contributed by atoms with Gasteiger partial charge in [-0.2, -0.15) is 5.26 Å². The molecule has 1 aromatic heterocycles. The van der Waals surface area contributed by atoms with E-state index >= 15 is 0 Å². The van der Waals surface area contributed by atoms with Gasteiger partial charge in [0.15, 0.2) is 0 Å². The number of hydrogen-bond acceptors (Lipinski definition) is 5. The lowest BCUT2D eigenvalue weighted by Gasteiger charge is -2.11. The van der Waals surface area contributed by atoms with Gasteiger partial charge in [-0.25, -0.2) is 9.78 Å². The molecule has 0 atom stereocenters. The van der Waals surface area contributed by atoms with Crippen molar-refractivity contribution in [3.05, 3.63) is 28.8 Å². The van der Waals surface area contributed by atoms with Gasteiger partial charge in [0.05, 0.1) is 10.2 Å². The minimum atomic E-state index is -1.24. The first-order valence-electron chi connectivity index (χ1n) is 5.44. The van der Waals surface area contributed by atoms with E-state index in [4.69, 9.17) is 10.4 Å². The van der Waals surface area contributed by atoms with Crippen LogP contribution in [-0.4, -0.2) is 30.2 Å². The molecule has 0 aliphatic carbocycles. The second-order valence-corrected chi connectivity index (χ2v) is 5.14. The highest BCUT2D eigenvalue weighted by molar-refractivity contribution is 7.19. The monoisotopic (exact) mass is 273 g/mol. The molecule has 2 rings (SSSR count). The highest BCUT2D eigenvalue weighted by Gasteiger charge is 2.09. The molecule has 1 heterocycles. The highest BCUT2D eigenvalue weighted by Crippen LogP contribution is 2.27. The van der Waals surface area contributed by atoms with Crippen LogP contribution in [0.2, 0.25) is 0 Å². The summed E-state index contributed by atoms with van der Waals surface area (Å²) in [6.07, 6.45) is 1.29. The number of carbonyl (C=O) groups is 1. The summed E-state index contributed by atoms with van der Waals surface area (Å²) in [5.74, 6) is -1.24. The summed E-state index contributed by atoms with van der Waals surface area (Å²) < 4.78 is 0.958. The van der Waals surface area contributed by atoms with Crippen molar-refractivity contribution >= 4 is 39.3 Å². The Bertz CT molecular complexity index is 710. The van der Waals surface area contributed by atoms with Crippen LogP contribution in [0.25, 0.3) is 16.3 Å². The molecule has 0 radical (unpaired) electrons. The molecule has 0 saturated heterocycles. The van der Waals surface area contributed by atoms with Crippen molar-refractivity contribution in [3.8, 4) is 6.07 Å². The molecule has 0 saturated carbocycles. The standard InChI is InChI=1S/C13H11N3O2S/c1-16(2)9-3-4-10-11(6-9)19-12(15-10)5-8(7-14)13(17)18/h3-6H,1-2H3,(H,17,18)/b8-5+. The lowest BCUT2D eigenvalue weighted by molar-refractivity contribution is -0.132. The summed E-state index contributed by atoms with van der Waals surface area (Å²) in [5.41, 5.74) is 1.53. The van der Waals surface area contributed by atoms with E-state index in [9.17, 15) is 4.79 Å². The minimum Gasteiger partial charge on any atom is -0.477 e. The molecule has 96 valence electrons. The third kappa shape index (κ3) is 2.72. The summed E-state index contributed by atoms with van der Waals surface area (Å²) >= 11 is 1.36. The van der Waals surface area contributed by atoms with E-state index in [1.54, 1.807) is 6.07 Å². The number of hydrogen-bond donors (Lipinski definition) is 1. The maximum Gasteiger partial charge on any atom is 0.346 e. The Labute approximate surface area is 114 Å². The van der Waals surface area contributed by atoms with Crippen molar-refractivity contribution in [3.63, 3.8) is 0 Å².